The molecule has 184 valence electrons. The molecule has 8 heteroatoms. The zero-order chi connectivity index (χ0) is 24.6. The molecule has 1 amide bonds. The van der Waals surface area contributed by atoms with Gasteiger partial charge in [0.05, 0.1) is 0 Å². The van der Waals surface area contributed by atoms with E-state index >= 15 is 0 Å². The summed E-state index contributed by atoms with van der Waals surface area (Å²) in [5.41, 5.74) is 2.74. The molecule has 1 aliphatic rings. The van der Waals surface area contributed by atoms with Gasteiger partial charge >= 0.3 is 0 Å². The van der Waals surface area contributed by atoms with E-state index in [-0.39, 0.29) is 12.0 Å². The number of aromatic nitrogens is 2. The van der Waals surface area contributed by atoms with E-state index in [1.54, 1.807) is 6.20 Å². The van der Waals surface area contributed by atoms with Crippen LogP contribution in [0.25, 0.3) is 0 Å². The Balaban J connectivity index is 1.45. The lowest BCUT2D eigenvalue weighted by Crippen LogP contribution is -2.33. The van der Waals surface area contributed by atoms with Crippen molar-refractivity contribution in [2.45, 2.75) is 26.0 Å². The molecular weight excluding hydrogens is 440 g/mol. The maximum atomic E-state index is 13.3. The summed E-state index contributed by atoms with van der Waals surface area (Å²) in [5.74, 6) is 1.97. The topological polar surface area (TPSA) is 82.6 Å². The maximum Gasteiger partial charge on any atom is 0.259 e. The molecule has 3 aromatic rings. The maximum absolute atomic E-state index is 13.3. The highest BCUT2D eigenvalue weighted by Crippen LogP contribution is 2.27. The zero-order valence-electron chi connectivity index (χ0n) is 20.7. The third kappa shape index (κ3) is 6.08. The number of ether oxygens (including phenoxy) is 1. The molecule has 0 unspecified atom stereocenters. The second kappa shape index (κ2) is 11.7. The third-order valence-corrected chi connectivity index (χ3v) is 6.09. The quantitative estimate of drug-likeness (QED) is 0.463. The van der Waals surface area contributed by atoms with Crippen LogP contribution in [-0.4, -0.2) is 61.0 Å². The minimum atomic E-state index is -0.0519. The average molecular weight is 475 g/mol. The number of carbonyl (C=O) groups excluding carboxylic acids is 1. The van der Waals surface area contributed by atoms with Gasteiger partial charge in [-0.3, -0.25) is 4.79 Å². The number of anilines is 2. The monoisotopic (exact) mass is 474 g/mol. The van der Waals surface area contributed by atoms with Gasteiger partial charge < -0.3 is 25.2 Å². The number of hydrogen-bond donors (Lipinski definition) is 2. The normalized spacial score (nSPS) is 14.3. The Labute approximate surface area is 207 Å². The fourth-order valence-electron chi connectivity index (χ4n) is 4.15. The lowest BCUT2D eigenvalue weighted by Gasteiger charge is -2.22. The van der Waals surface area contributed by atoms with Crippen molar-refractivity contribution in [2.75, 3.05) is 50.5 Å². The van der Waals surface area contributed by atoms with Gasteiger partial charge in [0.25, 0.3) is 5.91 Å². The van der Waals surface area contributed by atoms with E-state index in [1.807, 2.05) is 73.3 Å². The van der Waals surface area contributed by atoms with Crippen molar-refractivity contribution in [3.05, 3.63) is 77.5 Å². The number of amides is 1. The minimum Gasteiger partial charge on any atom is -0.486 e. The van der Waals surface area contributed by atoms with E-state index in [0.29, 0.717) is 37.0 Å². The summed E-state index contributed by atoms with van der Waals surface area (Å²) in [4.78, 5) is 26.0. The lowest BCUT2D eigenvalue weighted by atomic mass is 10.1. The number of carbonyl (C=O) groups is 1. The lowest BCUT2D eigenvalue weighted by molar-refractivity contribution is 0.0754. The summed E-state index contributed by atoms with van der Waals surface area (Å²) in [5, 5.41) is 6.32. The van der Waals surface area contributed by atoms with Gasteiger partial charge in [-0.1, -0.05) is 42.5 Å². The smallest absolute Gasteiger partial charge is 0.259 e. The van der Waals surface area contributed by atoms with E-state index in [4.69, 9.17) is 4.74 Å². The first-order valence-corrected chi connectivity index (χ1v) is 12.2. The van der Waals surface area contributed by atoms with Crippen LogP contribution in [0.1, 0.15) is 40.9 Å². The molecule has 1 aromatic heterocycles. The van der Waals surface area contributed by atoms with E-state index in [1.165, 1.54) is 0 Å². The van der Waals surface area contributed by atoms with Gasteiger partial charge in [0.15, 0.2) is 0 Å². The Morgan fingerprint density at radius 3 is 2.57 bits per heavy atom. The van der Waals surface area contributed by atoms with Crippen LogP contribution >= 0.6 is 0 Å². The van der Waals surface area contributed by atoms with Crippen molar-refractivity contribution in [3.8, 4) is 5.75 Å². The molecule has 35 heavy (non-hydrogen) atoms. The highest BCUT2D eigenvalue weighted by Gasteiger charge is 2.27. The Morgan fingerprint density at radius 1 is 1.09 bits per heavy atom. The summed E-state index contributed by atoms with van der Waals surface area (Å²) in [7, 11) is 3.91. The molecule has 2 N–H and O–H groups in total. The van der Waals surface area contributed by atoms with Gasteiger partial charge in [-0.2, -0.15) is 4.98 Å². The van der Waals surface area contributed by atoms with Crippen molar-refractivity contribution in [1.29, 1.82) is 0 Å². The zero-order valence-corrected chi connectivity index (χ0v) is 20.7. The molecule has 0 spiro atoms. The molecule has 0 bridgehead atoms. The molecule has 2 heterocycles. The van der Waals surface area contributed by atoms with Crippen LogP contribution in [0.3, 0.4) is 0 Å². The van der Waals surface area contributed by atoms with Crippen LogP contribution in [0.4, 0.5) is 11.8 Å². The Bertz CT molecular complexity index is 1110. The predicted octanol–water partition coefficient (Wildman–Crippen LogP) is 3.73. The molecule has 2 aromatic carbocycles. The summed E-state index contributed by atoms with van der Waals surface area (Å²) >= 11 is 0. The van der Waals surface area contributed by atoms with Crippen molar-refractivity contribution >= 4 is 17.7 Å². The van der Waals surface area contributed by atoms with Gasteiger partial charge in [0.2, 0.25) is 5.95 Å². The van der Waals surface area contributed by atoms with Crippen LogP contribution in [0.15, 0.2) is 60.8 Å². The summed E-state index contributed by atoms with van der Waals surface area (Å²) in [6, 6.07) is 18.3. The van der Waals surface area contributed by atoms with Crippen LogP contribution in [0, 0.1) is 0 Å². The largest absolute Gasteiger partial charge is 0.486 e. The van der Waals surface area contributed by atoms with Gasteiger partial charge in [0, 0.05) is 45.8 Å². The van der Waals surface area contributed by atoms with Crippen molar-refractivity contribution in [1.82, 2.24) is 20.2 Å². The fourth-order valence-corrected chi connectivity index (χ4v) is 4.15. The van der Waals surface area contributed by atoms with E-state index in [0.717, 1.165) is 36.4 Å². The highest BCUT2D eigenvalue weighted by molar-refractivity contribution is 5.99. The van der Waals surface area contributed by atoms with E-state index < -0.39 is 0 Å². The van der Waals surface area contributed by atoms with E-state index in [9.17, 15) is 4.79 Å². The molecule has 1 atom stereocenters. The Kier molecular flexibility index (Phi) is 8.15. The molecule has 0 saturated heterocycles. The summed E-state index contributed by atoms with van der Waals surface area (Å²) in [6.45, 7) is 5.41. The molecule has 0 fully saturated rings. The van der Waals surface area contributed by atoms with Crippen LogP contribution in [0.5, 0.6) is 5.75 Å². The predicted molar refractivity (Wildman–Crippen MR) is 139 cm³/mol. The van der Waals surface area contributed by atoms with Crippen molar-refractivity contribution in [3.63, 3.8) is 0 Å². The second-order valence-corrected chi connectivity index (χ2v) is 8.66. The molecule has 0 radical (unpaired) electrons. The van der Waals surface area contributed by atoms with Crippen molar-refractivity contribution in [2.24, 2.45) is 0 Å². The number of hydrogen-bond acceptors (Lipinski definition) is 7. The number of nitrogens with one attached hydrogen (secondary N) is 2. The number of likely N-dealkylation sites (N-methyl/N-ethyl adjacent to an activating group) is 1. The van der Waals surface area contributed by atoms with Crippen LogP contribution in [0.2, 0.25) is 0 Å². The highest BCUT2D eigenvalue weighted by atomic mass is 16.5. The van der Waals surface area contributed by atoms with Gasteiger partial charge in [-0.05, 0) is 43.8 Å². The van der Waals surface area contributed by atoms with Crippen LogP contribution in [-0.2, 0) is 6.54 Å². The number of nitrogens with zero attached hydrogens (tertiary/aromatic N) is 4. The Morgan fingerprint density at radius 2 is 1.86 bits per heavy atom. The summed E-state index contributed by atoms with van der Waals surface area (Å²) < 4.78 is 6.33. The molecule has 0 aliphatic carbocycles. The first kappa shape index (κ1) is 24.5. The average Bonchev–Trinajstić information content (AvgIpc) is 3.00. The molecular formula is C27H34N6O2. The molecule has 8 nitrogen and oxygen atoms in total. The first-order valence-electron chi connectivity index (χ1n) is 12.2. The number of fused-ring (bicyclic) bond motifs is 1. The van der Waals surface area contributed by atoms with Crippen LogP contribution < -0.4 is 20.3 Å². The molecule has 0 saturated carbocycles. The van der Waals surface area contributed by atoms with E-state index in [2.05, 4.69) is 32.7 Å². The number of benzene rings is 2. The first-order chi connectivity index (χ1) is 17.1. The Hall–Kier alpha value is -3.65. The second-order valence-electron chi connectivity index (χ2n) is 8.66. The summed E-state index contributed by atoms with van der Waals surface area (Å²) in [6.07, 6.45) is 2.47. The number of rotatable bonds is 10. The molecule has 1 aliphatic heterocycles. The van der Waals surface area contributed by atoms with Gasteiger partial charge in [-0.25, -0.2) is 4.98 Å². The third-order valence-electron chi connectivity index (χ3n) is 6.09. The fraction of sp³-hybridized carbons (Fsp3) is 0.370. The SMILES string of the molecule is CCNc1ncc2c(n1)N(C)CCN(Cc1ccc(O[C@H](CCNC)c3ccccc3)cc1)C2=O. The standard InChI is InChI=1S/C27H34N6O2/c1-4-29-27-30-18-23-25(31-27)32(3)16-17-33(26(23)34)19-20-10-12-22(13-11-20)35-24(14-15-28-2)21-8-6-5-7-9-21/h5-13,18,24,28H,4,14-17,19H2,1-3H3,(H,29,30,31)/t24-/m1/s1. The minimum absolute atomic E-state index is 0.0270. The van der Waals surface area contributed by atoms with Crippen molar-refractivity contribution < 1.29 is 9.53 Å². The molecule has 4 rings (SSSR count). The van der Waals surface area contributed by atoms with Gasteiger partial charge in [-0.15, -0.1) is 0 Å². The van der Waals surface area contributed by atoms with Gasteiger partial charge in [0.1, 0.15) is 23.2 Å².